The molecule has 2 rings (SSSR count). The number of hydrogen-bond acceptors (Lipinski definition) is 4. The molecule has 1 aromatic heterocycles. The molecule has 0 radical (unpaired) electrons. The fourth-order valence-electron chi connectivity index (χ4n) is 2.23. The first-order chi connectivity index (χ1) is 8.20. The lowest BCUT2D eigenvalue weighted by atomic mass is 10.0. The van der Waals surface area contributed by atoms with Crippen molar-refractivity contribution in [2.75, 3.05) is 13.1 Å². The molecule has 0 spiro atoms. The number of hydrogen-bond donors (Lipinski definition) is 1. The Balaban J connectivity index is 2.08. The molecular weight excluding hydrogens is 259 g/mol. The Morgan fingerprint density at radius 2 is 2.24 bits per heavy atom. The summed E-state index contributed by atoms with van der Waals surface area (Å²) in [6, 6.07) is 0.440. The van der Waals surface area contributed by atoms with Crippen LogP contribution < -0.4 is 5.73 Å². The van der Waals surface area contributed by atoms with E-state index in [2.05, 4.69) is 14.9 Å². The zero-order chi connectivity index (χ0) is 12.3. The molecule has 2 N–H and O–H groups in total. The Kier molecular flexibility index (Phi) is 4.56. The number of nitrogens with two attached hydrogens (primary N) is 1. The van der Waals surface area contributed by atoms with Crippen molar-refractivity contribution < 1.29 is 0 Å². The molecule has 1 atom stereocenters. The van der Waals surface area contributed by atoms with E-state index in [1.165, 1.54) is 12.8 Å². The summed E-state index contributed by atoms with van der Waals surface area (Å²) in [7, 11) is 0. The minimum Gasteiger partial charge on any atom is -0.329 e. The van der Waals surface area contributed by atoms with Crippen molar-refractivity contribution in [3.63, 3.8) is 0 Å². The van der Waals surface area contributed by atoms with Gasteiger partial charge < -0.3 is 5.73 Å². The molecule has 0 aromatic carbocycles. The standard InChI is InChI=1S/C11H16Cl2N4/c12-10-8(6-15-11(13)16-10)7-17-4-2-1-3-9(17)5-14/h6,9H,1-5,7,14H2. The van der Waals surface area contributed by atoms with Crippen LogP contribution in [0.2, 0.25) is 10.4 Å². The summed E-state index contributed by atoms with van der Waals surface area (Å²) in [5.74, 6) is 0. The molecule has 0 amide bonds. The Labute approximate surface area is 111 Å². The van der Waals surface area contributed by atoms with Gasteiger partial charge in [0, 0.05) is 30.9 Å². The van der Waals surface area contributed by atoms with Crippen LogP contribution in [0.25, 0.3) is 0 Å². The van der Waals surface area contributed by atoms with E-state index in [-0.39, 0.29) is 5.28 Å². The van der Waals surface area contributed by atoms with Crippen molar-refractivity contribution in [1.82, 2.24) is 14.9 Å². The van der Waals surface area contributed by atoms with Gasteiger partial charge in [-0.2, -0.15) is 0 Å². The molecule has 17 heavy (non-hydrogen) atoms. The van der Waals surface area contributed by atoms with Crippen LogP contribution in [0.5, 0.6) is 0 Å². The highest BCUT2D eigenvalue weighted by molar-refractivity contribution is 6.32. The van der Waals surface area contributed by atoms with E-state index in [0.717, 1.165) is 25.1 Å². The number of likely N-dealkylation sites (tertiary alicyclic amines) is 1. The molecule has 1 fully saturated rings. The predicted molar refractivity (Wildman–Crippen MR) is 69.2 cm³/mol. The second-order valence-electron chi connectivity index (χ2n) is 4.31. The highest BCUT2D eigenvalue weighted by Crippen LogP contribution is 2.22. The Morgan fingerprint density at radius 1 is 1.41 bits per heavy atom. The minimum absolute atomic E-state index is 0.188. The van der Waals surface area contributed by atoms with E-state index in [1.54, 1.807) is 6.20 Å². The number of rotatable bonds is 3. The molecule has 0 bridgehead atoms. The largest absolute Gasteiger partial charge is 0.329 e. The minimum atomic E-state index is 0.188. The maximum atomic E-state index is 6.05. The van der Waals surface area contributed by atoms with Gasteiger partial charge in [-0.05, 0) is 31.0 Å². The molecule has 94 valence electrons. The summed E-state index contributed by atoms with van der Waals surface area (Å²) in [5, 5.41) is 0.624. The highest BCUT2D eigenvalue weighted by Gasteiger charge is 2.22. The lowest BCUT2D eigenvalue weighted by molar-refractivity contribution is 0.144. The summed E-state index contributed by atoms with van der Waals surface area (Å²) in [6.07, 6.45) is 5.31. The maximum absolute atomic E-state index is 6.05. The molecular formula is C11H16Cl2N4. The van der Waals surface area contributed by atoms with Crippen LogP contribution in [0.3, 0.4) is 0 Å². The Bertz CT molecular complexity index is 386. The zero-order valence-corrected chi connectivity index (χ0v) is 11.1. The number of aromatic nitrogens is 2. The molecule has 6 heteroatoms. The van der Waals surface area contributed by atoms with Crippen molar-refractivity contribution >= 4 is 23.2 Å². The number of nitrogens with zero attached hydrogens (tertiary/aromatic N) is 3. The first-order valence-corrected chi connectivity index (χ1v) is 6.57. The van der Waals surface area contributed by atoms with E-state index < -0.39 is 0 Å². The molecule has 2 heterocycles. The second-order valence-corrected chi connectivity index (χ2v) is 5.01. The van der Waals surface area contributed by atoms with Crippen LogP contribution in [0.1, 0.15) is 24.8 Å². The molecule has 1 saturated heterocycles. The van der Waals surface area contributed by atoms with Crippen molar-refractivity contribution in [3.8, 4) is 0 Å². The van der Waals surface area contributed by atoms with Crippen molar-refractivity contribution in [2.24, 2.45) is 5.73 Å². The lowest BCUT2D eigenvalue weighted by Gasteiger charge is -2.34. The summed E-state index contributed by atoms with van der Waals surface area (Å²) in [4.78, 5) is 10.3. The molecule has 1 aliphatic heterocycles. The van der Waals surface area contributed by atoms with Gasteiger partial charge in [-0.1, -0.05) is 18.0 Å². The van der Waals surface area contributed by atoms with Crippen molar-refractivity contribution in [2.45, 2.75) is 31.8 Å². The highest BCUT2D eigenvalue weighted by atomic mass is 35.5. The third-order valence-electron chi connectivity index (χ3n) is 3.18. The van der Waals surface area contributed by atoms with Crippen LogP contribution in [-0.2, 0) is 6.54 Å². The topological polar surface area (TPSA) is 55.0 Å². The van der Waals surface area contributed by atoms with E-state index >= 15 is 0 Å². The van der Waals surface area contributed by atoms with Crippen molar-refractivity contribution in [1.29, 1.82) is 0 Å². The maximum Gasteiger partial charge on any atom is 0.223 e. The first kappa shape index (κ1) is 13.0. The summed E-state index contributed by atoms with van der Waals surface area (Å²) in [5.41, 5.74) is 6.70. The van der Waals surface area contributed by atoms with Gasteiger partial charge in [-0.25, -0.2) is 9.97 Å². The van der Waals surface area contributed by atoms with Gasteiger partial charge in [-0.15, -0.1) is 0 Å². The van der Waals surface area contributed by atoms with Crippen LogP contribution in [0, 0.1) is 0 Å². The lowest BCUT2D eigenvalue weighted by Crippen LogP contribution is -2.43. The first-order valence-electron chi connectivity index (χ1n) is 5.81. The van der Waals surface area contributed by atoms with Gasteiger partial charge in [0.05, 0.1) is 0 Å². The van der Waals surface area contributed by atoms with E-state index in [0.29, 0.717) is 17.7 Å². The average molecular weight is 275 g/mol. The molecule has 4 nitrogen and oxygen atoms in total. The Morgan fingerprint density at radius 3 is 2.94 bits per heavy atom. The van der Waals surface area contributed by atoms with Gasteiger partial charge in [0.25, 0.3) is 0 Å². The average Bonchev–Trinajstić information content (AvgIpc) is 2.33. The molecule has 1 unspecified atom stereocenters. The van der Waals surface area contributed by atoms with Gasteiger partial charge in [0.1, 0.15) is 5.15 Å². The molecule has 1 aromatic rings. The summed E-state index contributed by atoms with van der Waals surface area (Å²) < 4.78 is 0. The van der Waals surface area contributed by atoms with Gasteiger partial charge in [0.2, 0.25) is 5.28 Å². The van der Waals surface area contributed by atoms with Crippen molar-refractivity contribution in [3.05, 3.63) is 22.2 Å². The van der Waals surface area contributed by atoms with E-state index in [4.69, 9.17) is 28.9 Å². The van der Waals surface area contributed by atoms with Crippen LogP contribution in [-0.4, -0.2) is 34.0 Å². The quantitative estimate of drug-likeness (QED) is 0.678. The number of piperidine rings is 1. The smallest absolute Gasteiger partial charge is 0.223 e. The fraction of sp³-hybridized carbons (Fsp3) is 0.636. The zero-order valence-electron chi connectivity index (χ0n) is 9.57. The van der Waals surface area contributed by atoms with E-state index in [1.807, 2.05) is 0 Å². The summed E-state index contributed by atoms with van der Waals surface area (Å²) >= 11 is 11.7. The van der Waals surface area contributed by atoms with Gasteiger partial charge >= 0.3 is 0 Å². The monoisotopic (exact) mass is 274 g/mol. The molecule has 0 aliphatic carbocycles. The third kappa shape index (κ3) is 3.28. The van der Waals surface area contributed by atoms with Crippen LogP contribution in [0.15, 0.2) is 6.20 Å². The summed E-state index contributed by atoms with van der Waals surface area (Å²) in [6.45, 7) is 2.49. The normalized spacial score (nSPS) is 21.7. The van der Waals surface area contributed by atoms with Crippen LogP contribution in [0.4, 0.5) is 0 Å². The van der Waals surface area contributed by atoms with E-state index in [9.17, 15) is 0 Å². The Hall–Kier alpha value is -0.420. The predicted octanol–water partition coefficient (Wildman–Crippen LogP) is 2.10. The third-order valence-corrected chi connectivity index (χ3v) is 3.69. The SMILES string of the molecule is NCC1CCCCN1Cc1cnc(Cl)nc1Cl. The molecule has 1 aliphatic rings. The molecule has 0 saturated carbocycles. The van der Waals surface area contributed by atoms with Gasteiger partial charge in [-0.3, -0.25) is 4.90 Å². The second kappa shape index (κ2) is 5.96. The van der Waals surface area contributed by atoms with Crippen LogP contribution >= 0.6 is 23.2 Å². The number of halogens is 2. The fourth-order valence-corrected chi connectivity index (χ4v) is 2.59. The van der Waals surface area contributed by atoms with Gasteiger partial charge in [0.15, 0.2) is 0 Å².